The zero-order valence-corrected chi connectivity index (χ0v) is 14.0. The molecule has 0 unspecified atom stereocenters. The predicted molar refractivity (Wildman–Crippen MR) is 83.3 cm³/mol. The second-order valence-corrected chi connectivity index (χ2v) is 7.17. The quantitative estimate of drug-likeness (QED) is 0.928. The maximum absolute atomic E-state index is 12.3. The van der Waals surface area contributed by atoms with E-state index in [1.54, 1.807) is 7.05 Å². The minimum absolute atomic E-state index is 0.0779. The van der Waals surface area contributed by atoms with E-state index in [4.69, 9.17) is 0 Å². The molecule has 2 amide bonds. The summed E-state index contributed by atoms with van der Waals surface area (Å²) < 4.78 is 0. The van der Waals surface area contributed by atoms with Crippen LogP contribution in [0.4, 0.5) is 0 Å². The van der Waals surface area contributed by atoms with E-state index in [1.165, 1.54) is 21.1 Å². The Kier molecular flexibility index (Phi) is 5.34. The average molecular weight is 296 g/mol. The molecule has 0 aromatic carbocycles. The van der Waals surface area contributed by atoms with E-state index >= 15 is 0 Å². The van der Waals surface area contributed by atoms with Gasteiger partial charge in [0, 0.05) is 17.5 Å². The van der Waals surface area contributed by atoms with Crippen molar-refractivity contribution in [2.24, 2.45) is 0 Å². The third-order valence-corrected chi connectivity index (χ3v) is 4.16. The first-order chi connectivity index (χ1) is 9.14. The van der Waals surface area contributed by atoms with Crippen LogP contribution in [0, 0.1) is 6.92 Å². The Bertz CT molecular complexity index is 500. The SMILES string of the molecule is CCc1sc(C(=O)N(C)CC(=O)NC(C)(C)C)cc1C. The van der Waals surface area contributed by atoms with Gasteiger partial charge >= 0.3 is 0 Å². The molecule has 1 rings (SSSR count). The number of aryl methyl sites for hydroxylation is 2. The molecule has 0 saturated carbocycles. The summed E-state index contributed by atoms with van der Waals surface area (Å²) in [7, 11) is 1.66. The van der Waals surface area contributed by atoms with E-state index in [9.17, 15) is 9.59 Å². The first kappa shape index (κ1) is 16.7. The van der Waals surface area contributed by atoms with Gasteiger partial charge in [0.05, 0.1) is 11.4 Å². The molecule has 0 spiro atoms. The van der Waals surface area contributed by atoms with Crippen LogP contribution < -0.4 is 5.32 Å². The Morgan fingerprint density at radius 1 is 1.35 bits per heavy atom. The summed E-state index contributed by atoms with van der Waals surface area (Å²) in [5, 5.41) is 2.85. The van der Waals surface area contributed by atoms with Crippen molar-refractivity contribution in [1.29, 1.82) is 0 Å². The Morgan fingerprint density at radius 2 is 1.95 bits per heavy atom. The molecule has 0 fully saturated rings. The van der Waals surface area contributed by atoms with Crippen molar-refractivity contribution in [1.82, 2.24) is 10.2 Å². The first-order valence-corrected chi connectivity index (χ1v) is 7.61. The lowest BCUT2D eigenvalue weighted by atomic mass is 10.1. The standard InChI is InChI=1S/C15H24N2O2S/c1-7-11-10(2)8-12(20-11)14(19)17(6)9-13(18)16-15(3,4)5/h8H,7,9H2,1-6H3,(H,16,18). The normalized spacial score (nSPS) is 11.3. The number of carbonyl (C=O) groups excluding carboxylic acids is 2. The molecule has 0 radical (unpaired) electrons. The molecule has 0 aliphatic heterocycles. The smallest absolute Gasteiger partial charge is 0.264 e. The molecule has 1 aromatic rings. The van der Waals surface area contributed by atoms with Gasteiger partial charge in [-0.3, -0.25) is 9.59 Å². The highest BCUT2D eigenvalue weighted by Crippen LogP contribution is 2.23. The van der Waals surface area contributed by atoms with Crippen LogP contribution in [0.15, 0.2) is 6.07 Å². The van der Waals surface area contributed by atoms with Gasteiger partial charge in [-0.25, -0.2) is 0 Å². The van der Waals surface area contributed by atoms with E-state index in [0.717, 1.165) is 12.0 Å². The molecule has 0 bridgehead atoms. The molecule has 1 heterocycles. The summed E-state index contributed by atoms with van der Waals surface area (Å²) in [6.45, 7) is 9.93. The molecule has 1 aromatic heterocycles. The van der Waals surface area contributed by atoms with Crippen LogP contribution in [0.25, 0.3) is 0 Å². The fourth-order valence-electron chi connectivity index (χ4n) is 1.91. The lowest BCUT2D eigenvalue weighted by molar-refractivity contribution is -0.122. The van der Waals surface area contributed by atoms with Crippen molar-refractivity contribution in [2.45, 2.75) is 46.6 Å². The van der Waals surface area contributed by atoms with Crippen molar-refractivity contribution in [2.75, 3.05) is 13.6 Å². The summed E-state index contributed by atoms with van der Waals surface area (Å²) in [6, 6.07) is 1.91. The van der Waals surface area contributed by atoms with E-state index in [-0.39, 0.29) is 23.9 Å². The van der Waals surface area contributed by atoms with Gasteiger partial charge in [-0.1, -0.05) is 6.92 Å². The number of hydrogen-bond donors (Lipinski definition) is 1. The fraction of sp³-hybridized carbons (Fsp3) is 0.600. The monoisotopic (exact) mass is 296 g/mol. The van der Waals surface area contributed by atoms with Crippen LogP contribution >= 0.6 is 11.3 Å². The van der Waals surface area contributed by atoms with Gasteiger partial charge in [0.25, 0.3) is 5.91 Å². The van der Waals surface area contributed by atoms with Crippen molar-refractivity contribution < 1.29 is 9.59 Å². The molecule has 0 saturated heterocycles. The maximum atomic E-state index is 12.3. The number of hydrogen-bond acceptors (Lipinski definition) is 3. The molecule has 1 N–H and O–H groups in total. The highest BCUT2D eigenvalue weighted by atomic mass is 32.1. The average Bonchev–Trinajstić information content (AvgIpc) is 2.66. The predicted octanol–water partition coefficient (Wildman–Crippen LogP) is 2.61. The van der Waals surface area contributed by atoms with E-state index < -0.39 is 0 Å². The third kappa shape index (κ3) is 4.63. The molecular weight excluding hydrogens is 272 g/mol. The number of likely N-dealkylation sites (N-methyl/N-ethyl adjacent to an activating group) is 1. The lowest BCUT2D eigenvalue weighted by Crippen LogP contribution is -2.46. The minimum atomic E-state index is -0.282. The van der Waals surface area contributed by atoms with Crippen LogP contribution in [0.5, 0.6) is 0 Å². The number of rotatable bonds is 4. The Hall–Kier alpha value is -1.36. The topological polar surface area (TPSA) is 49.4 Å². The number of thiophene rings is 1. The number of amides is 2. The van der Waals surface area contributed by atoms with Gasteiger partial charge in [0.1, 0.15) is 0 Å². The molecule has 4 nitrogen and oxygen atoms in total. The second kappa shape index (κ2) is 6.39. The Labute approximate surface area is 125 Å². The summed E-state index contributed by atoms with van der Waals surface area (Å²) in [6.07, 6.45) is 0.929. The van der Waals surface area contributed by atoms with E-state index in [1.807, 2.05) is 33.8 Å². The molecule has 20 heavy (non-hydrogen) atoms. The number of nitrogens with zero attached hydrogens (tertiary/aromatic N) is 1. The zero-order chi connectivity index (χ0) is 15.5. The molecule has 0 aliphatic carbocycles. The zero-order valence-electron chi connectivity index (χ0n) is 13.2. The van der Waals surface area contributed by atoms with Crippen LogP contribution in [-0.4, -0.2) is 35.8 Å². The van der Waals surface area contributed by atoms with Crippen LogP contribution in [0.3, 0.4) is 0 Å². The summed E-state index contributed by atoms with van der Waals surface area (Å²) in [5.74, 6) is -0.237. The number of nitrogens with one attached hydrogen (secondary N) is 1. The lowest BCUT2D eigenvalue weighted by Gasteiger charge is -2.23. The van der Waals surface area contributed by atoms with Gasteiger partial charge in [0.15, 0.2) is 0 Å². The van der Waals surface area contributed by atoms with Crippen molar-refractivity contribution >= 4 is 23.2 Å². The van der Waals surface area contributed by atoms with Crippen molar-refractivity contribution in [3.05, 3.63) is 21.4 Å². The summed E-state index contributed by atoms with van der Waals surface area (Å²) in [4.78, 5) is 27.5. The third-order valence-electron chi connectivity index (χ3n) is 2.79. The first-order valence-electron chi connectivity index (χ1n) is 6.80. The molecule has 0 atom stereocenters. The van der Waals surface area contributed by atoms with Gasteiger partial charge in [0.2, 0.25) is 5.91 Å². The number of carbonyl (C=O) groups is 2. The highest BCUT2D eigenvalue weighted by Gasteiger charge is 2.20. The van der Waals surface area contributed by atoms with E-state index in [2.05, 4.69) is 12.2 Å². The molecular formula is C15H24N2O2S. The maximum Gasteiger partial charge on any atom is 0.264 e. The van der Waals surface area contributed by atoms with Gasteiger partial charge in [-0.2, -0.15) is 0 Å². The van der Waals surface area contributed by atoms with E-state index in [0.29, 0.717) is 4.88 Å². The molecule has 0 aliphatic rings. The highest BCUT2D eigenvalue weighted by molar-refractivity contribution is 7.14. The fourth-order valence-corrected chi connectivity index (χ4v) is 3.02. The summed E-state index contributed by atoms with van der Waals surface area (Å²) in [5.41, 5.74) is 0.865. The van der Waals surface area contributed by atoms with Gasteiger partial charge < -0.3 is 10.2 Å². The van der Waals surface area contributed by atoms with Crippen LogP contribution in [0.1, 0.15) is 47.8 Å². The van der Waals surface area contributed by atoms with Crippen molar-refractivity contribution in [3.63, 3.8) is 0 Å². The minimum Gasteiger partial charge on any atom is -0.350 e. The molecule has 5 heteroatoms. The van der Waals surface area contributed by atoms with Gasteiger partial charge in [-0.15, -0.1) is 11.3 Å². The van der Waals surface area contributed by atoms with Gasteiger partial charge in [-0.05, 0) is 45.7 Å². The van der Waals surface area contributed by atoms with Crippen LogP contribution in [-0.2, 0) is 11.2 Å². The van der Waals surface area contributed by atoms with Crippen LogP contribution in [0.2, 0.25) is 0 Å². The Balaban J connectivity index is 2.69. The Morgan fingerprint density at radius 3 is 2.40 bits per heavy atom. The van der Waals surface area contributed by atoms with Crippen molar-refractivity contribution in [3.8, 4) is 0 Å². The largest absolute Gasteiger partial charge is 0.350 e. The second-order valence-electron chi connectivity index (χ2n) is 6.03. The summed E-state index contributed by atoms with van der Waals surface area (Å²) >= 11 is 1.51. The molecule has 112 valence electrons.